The zero-order valence-electron chi connectivity index (χ0n) is 9.46. The molecule has 0 bridgehead atoms. The third-order valence-electron chi connectivity index (χ3n) is 2.83. The largest absolute Gasteiger partial charge is 0.352 e. The number of rotatable bonds is 2. The molecule has 1 atom stereocenters. The Labute approximate surface area is 110 Å². The number of nitrogens with zero attached hydrogens (tertiary/aromatic N) is 3. The van der Waals surface area contributed by atoms with Gasteiger partial charge in [0, 0.05) is 13.0 Å². The first-order valence-electron chi connectivity index (χ1n) is 5.38. The topological polar surface area (TPSA) is 29.0 Å². The summed E-state index contributed by atoms with van der Waals surface area (Å²) in [5, 5.41) is -0.514. The van der Waals surface area contributed by atoms with Gasteiger partial charge in [-0.2, -0.15) is 0 Å². The quantitative estimate of drug-likeness (QED) is 0.785. The summed E-state index contributed by atoms with van der Waals surface area (Å²) in [6, 6.07) is 0. The standard InChI is InChI=1S/C10H9ClF5N3/c11-8-7(9(13)14)17-3-6(18-8)19-2-1-10(15,16)5(12)4-19/h3,5,9H,1-2,4H2. The Morgan fingerprint density at radius 2 is 2.11 bits per heavy atom. The van der Waals surface area contributed by atoms with E-state index in [-0.39, 0.29) is 12.4 Å². The fraction of sp³-hybridized carbons (Fsp3) is 0.600. The van der Waals surface area contributed by atoms with E-state index in [9.17, 15) is 22.0 Å². The van der Waals surface area contributed by atoms with Crippen LogP contribution in [0.2, 0.25) is 5.15 Å². The smallest absolute Gasteiger partial charge is 0.283 e. The van der Waals surface area contributed by atoms with Gasteiger partial charge in [0.25, 0.3) is 12.3 Å². The molecular weight excluding hydrogens is 293 g/mol. The Morgan fingerprint density at radius 1 is 1.42 bits per heavy atom. The monoisotopic (exact) mass is 301 g/mol. The minimum Gasteiger partial charge on any atom is -0.352 e. The summed E-state index contributed by atoms with van der Waals surface area (Å²) in [5.41, 5.74) is -0.690. The van der Waals surface area contributed by atoms with E-state index in [4.69, 9.17) is 11.6 Å². The highest BCUT2D eigenvalue weighted by atomic mass is 35.5. The highest BCUT2D eigenvalue weighted by Crippen LogP contribution is 2.33. The molecule has 1 aromatic rings. The van der Waals surface area contributed by atoms with Gasteiger partial charge in [0.15, 0.2) is 11.3 Å². The maximum Gasteiger partial charge on any atom is 0.283 e. The number of hydrogen-bond acceptors (Lipinski definition) is 3. The Morgan fingerprint density at radius 3 is 2.63 bits per heavy atom. The molecule has 0 N–H and O–H groups in total. The fourth-order valence-electron chi connectivity index (χ4n) is 1.73. The lowest BCUT2D eigenvalue weighted by molar-refractivity contribution is -0.0841. The van der Waals surface area contributed by atoms with Crippen molar-refractivity contribution in [2.24, 2.45) is 0 Å². The van der Waals surface area contributed by atoms with Gasteiger partial charge in [-0.1, -0.05) is 11.6 Å². The van der Waals surface area contributed by atoms with Crippen LogP contribution in [0.1, 0.15) is 18.5 Å². The molecule has 0 aromatic carbocycles. The summed E-state index contributed by atoms with van der Waals surface area (Å²) < 4.78 is 64.0. The Bertz CT molecular complexity index is 470. The van der Waals surface area contributed by atoms with Gasteiger partial charge in [-0.3, -0.25) is 0 Å². The second kappa shape index (κ2) is 5.07. The third-order valence-corrected chi connectivity index (χ3v) is 3.11. The first kappa shape index (κ1) is 14.2. The zero-order chi connectivity index (χ0) is 14.2. The van der Waals surface area contributed by atoms with Crippen LogP contribution in [0.25, 0.3) is 0 Å². The highest BCUT2D eigenvalue weighted by Gasteiger charge is 2.45. The van der Waals surface area contributed by atoms with E-state index in [1.807, 2.05) is 0 Å². The molecule has 1 fully saturated rings. The predicted octanol–water partition coefficient (Wildman–Crippen LogP) is 3.25. The second-order valence-electron chi connectivity index (χ2n) is 4.13. The van der Waals surface area contributed by atoms with Crippen molar-refractivity contribution in [3.63, 3.8) is 0 Å². The molecule has 0 spiro atoms. The van der Waals surface area contributed by atoms with Gasteiger partial charge in [0.05, 0.1) is 12.7 Å². The molecule has 1 aliphatic rings. The van der Waals surface area contributed by atoms with Crippen molar-refractivity contribution in [3.05, 3.63) is 17.0 Å². The van der Waals surface area contributed by atoms with E-state index in [2.05, 4.69) is 9.97 Å². The van der Waals surface area contributed by atoms with Crippen LogP contribution in [0.4, 0.5) is 27.8 Å². The van der Waals surface area contributed by atoms with Crippen LogP contribution in [0.3, 0.4) is 0 Å². The number of piperidine rings is 1. The molecule has 19 heavy (non-hydrogen) atoms. The van der Waals surface area contributed by atoms with Crippen molar-refractivity contribution < 1.29 is 22.0 Å². The van der Waals surface area contributed by atoms with E-state index in [0.717, 1.165) is 6.20 Å². The molecule has 1 aliphatic heterocycles. The fourth-order valence-corrected chi connectivity index (χ4v) is 1.95. The molecule has 0 aliphatic carbocycles. The van der Waals surface area contributed by atoms with Crippen molar-refractivity contribution in [2.75, 3.05) is 18.0 Å². The maximum atomic E-state index is 13.2. The van der Waals surface area contributed by atoms with Crippen molar-refractivity contribution in [1.82, 2.24) is 9.97 Å². The summed E-state index contributed by atoms with van der Waals surface area (Å²) >= 11 is 5.51. The van der Waals surface area contributed by atoms with E-state index >= 15 is 0 Å². The van der Waals surface area contributed by atoms with Gasteiger partial charge in [0.2, 0.25) is 0 Å². The molecule has 0 radical (unpaired) electrons. The number of hydrogen-bond donors (Lipinski definition) is 0. The van der Waals surface area contributed by atoms with Gasteiger partial charge >= 0.3 is 0 Å². The lowest BCUT2D eigenvalue weighted by atomic mass is 10.1. The van der Waals surface area contributed by atoms with Crippen LogP contribution >= 0.6 is 11.6 Å². The molecule has 106 valence electrons. The third kappa shape index (κ3) is 2.88. The van der Waals surface area contributed by atoms with Crippen molar-refractivity contribution in [1.29, 1.82) is 0 Å². The number of alkyl halides is 5. The SMILES string of the molecule is FC(F)c1ncc(N2CCC(F)(F)C(F)C2)nc1Cl. The summed E-state index contributed by atoms with van der Waals surface area (Å²) in [6.07, 6.45) is -4.92. The van der Waals surface area contributed by atoms with Crippen LogP contribution in [-0.2, 0) is 0 Å². The first-order chi connectivity index (χ1) is 8.81. The van der Waals surface area contributed by atoms with Crippen LogP contribution in [0.15, 0.2) is 6.20 Å². The maximum absolute atomic E-state index is 13.2. The first-order valence-corrected chi connectivity index (χ1v) is 5.76. The average Bonchev–Trinajstić information content (AvgIpc) is 2.32. The van der Waals surface area contributed by atoms with Crippen LogP contribution < -0.4 is 4.90 Å². The molecule has 2 heterocycles. The molecule has 2 rings (SSSR count). The normalized spacial score (nSPS) is 22.9. The second-order valence-corrected chi connectivity index (χ2v) is 4.49. The number of aromatic nitrogens is 2. The zero-order valence-corrected chi connectivity index (χ0v) is 10.2. The molecule has 1 saturated heterocycles. The minimum absolute atomic E-state index is 0.00699. The van der Waals surface area contributed by atoms with Crippen molar-refractivity contribution in [2.45, 2.75) is 24.9 Å². The Hall–Kier alpha value is -1.18. The molecule has 3 nitrogen and oxygen atoms in total. The van der Waals surface area contributed by atoms with Crippen molar-refractivity contribution in [3.8, 4) is 0 Å². The van der Waals surface area contributed by atoms with Gasteiger partial charge in [-0.25, -0.2) is 31.9 Å². The lowest BCUT2D eigenvalue weighted by Crippen LogP contribution is -2.49. The summed E-state index contributed by atoms with van der Waals surface area (Å²) in [4.78, 5) is 8.26. The van der Waals surface area contributed by atoms with Crippen LogP contribution in [-0.4, -0.2) is 35.2 Å². The highest BCUT2D eigenvalue weighted by molar-refractivity contribution is 6.30. The van der Waals surface area contributed by atoms with E-state index in [1.165, 1.54) is 4.90 Å². The molecule has 1 aromatic heterocycles. The Balaban J connectivity index is 2.18. The summed E-state index contributed by atoms with van der Waals surface area (Å²) in [7, 11) is 0. The van der Waals surface area contributed by atoms with Gasteiger partial charge in [0.1, 0.15) is 11.5 Å². The molecule has 1 unspecified atom stereocenters. The minimum atomic E-state index is -3.38. The molecule has 9 heteroatoms. The Kier molecular flexibility index (Phi) is 3.80. The summed E-state index contributed by atoms with van der Waals surface area (Å²) in [6.45, 7) is -0.724. The predicted molar refractivity (Wildman–Crippen MR) is 58.7 cm³/mol. The number of anilines is 1. The van der Waals surface area contributed by atoms with Gasteiger partial charge in [-0.05, 0) is 0 Å². The summed E-state index contributed by atoms with van der Waals surface area (Å²) in [5.74, 6) is -3.37. The molecular formula is C10H9ClF5N3. The average molecular weight is 302 g/mol. The number of halogens is 6. The van der Waals surface area contributed by atoms with Crippen LogP contribution in [0.5, 0.6) is 0 Å². The van der Waals surface area contributed by atoms with Crippen molar-refractivity contribution >= 4 is 17.4 Å². The van der Waals surface area contributed by atoms with Gasteiger partial charge in [-0.15, -0.1) is 0 Å². The lowest BCUT2D eigenvalue weighted by Gasteiger charge is -2.34. The van der Waals surface area contributed by atoms with E-state index < -0.39 is 42.3 Å². The molecule has 0 amide bonds. The molecule has 0 saturated carbocycles. The van der Waals surface area contributed by atoms with Crippen LogP contribution in [0, 0.1) is 0 Å². The van der Waals surface area contributed by atoms with Gasteiger partial charge < -0.3 is 4.90 Å². The van der Waals surface area contributed by atoms with E-state index in [0.29, 0.717) is 0 Å². The van der Waals surface area contributed by atoms with E-state index in [1.54, 1.807) is 0 Å².